The van der Waals surface area contributed by atoms with Gasteiger partial charge >= 0.3 is 0 Å². The normalized spacial score (nSPS) is 18.0. The lowest BCUT2D eigenvalue weighted by atomic mass is 10.0. The number of likely N-dealkylation sites (tertiary alicyclic amines) is 1. The lowest BCUT2D eigenvalue weighted by Gasteiger charge is -2.13. The number of aromatic amines is 1. The Bertz CT molecular complexity index is 624. The molecule has 2 aromatic heterocycles. The quantitative estimate of drug-likeness (QED) is 0.874. The molecule has 0 aromatic carbocycles. The van der Waals surface area contributed by atoms with Crippen molar-refractivity contribution in [1.82, 2.24) is 19.9 Å². The Kier molecular flexibility index (Phi) is 4.44. The Balaban J connectivity index is 0.00000147. The van der Waals surface area contributed by atoms with Crippen molar-refractivity contribution < 1.29 is 4.79 Å². The van der Waals surface area contributed by atoms with Crippen molar-refractivity contribution in [1.29, 1.82) is 0 Å². The van der Waals surface area contributed by atoms with Gasteiger partial charge in [-0.15, -0.1) is 0 Å². The number of carbonyl (C=O) groups is 1. The highest BCUT2D eigenvalue weighted by Crippen LogP contribution is 2.20. The first kappa shape index (κ1) is 14.6. The van der Waals surface area contributed by atoms with Crippen LogP contribution in [0.15, 0.2) is 31.1 Å². The SMILES string of the molecule is C=CC(=O)N1CCC(Cc2cnc3[nH]ccc3n2)C1.S. The number of hydrogen-bond acceptors (Lipinski definition) is 3. The van der Waals surface area contributed by atoms with Crippen LogP contribution < -0.4 is 0 Å². The summed E-state index contributed by atoms with van der Waals surface area (Å²) in [5.74, 6) is 0.490. The van der Waals surface area contributed by atoms with E-state index in [1.54, 1.807) is 0 Å². The molecule has 1 aliphatic rings. The number of fused-ring (bicyclic) bond motifs is 1. The van der Waals surface area contributed by atoms with Gasteiger partial charge in [0.15, 0.2) is 5.65 Å². The van der Waals surface area contributed by atoms with E-state index in [2.05, 4.69) is 21.5 Å². The zero-order valence-corrected chi connectivity index (χ0v) is 12.2. The van der Waals surface area contributed by atoms with Crippen LogP contribution in [0.5, 0.6) is 0 Å². The van der Waals surface area contributed by atoms with Crippen molar-refractivity contribution in [3.63, 3.8) is 0 Å². The molecule has 6 heteroatoms. The molecule has 0 radical (unpaired) electrons. The van der Waals surface area contributed by atoms with Gasteiger partial charge in [-0.3, -0.25) is 4.79 Å². The third kappa shape index (κ3) is 2.85. The van der Waals surface area contributed by atoms with Crippen LogP contribution in [0.4, 0.5) is 0 Å². The summed E-state index contributed by atoms with van der Waals surface area (Å²) in [6.07, 6.45) is 6.93. The van der Waals surface area contributed by atoms with E-state index in [-0.39, 0.29) is 19.4 Å². The van der Waals surface area contributed by atoms with E-state index in [1.807, 2.05) is 23.4 Å². The first-order valence-corrected chi connectivity index (χ1v) is 6.46. The molecule has 1 aliphatic heterocycles. The Morgan fingerprint density at radius 1 is 1.60 bits per heavy atom. The van der Waals surface area contributed by atoms with Crippen molar-refractivity contribution in [2.45, 2.75) is 12.8 Å². The predicted octanol–water partition coefficient (Wildman–Crippen LogP) is 1.65. The van der Waals surface area contributed by atoms with Crippen LogP contribution in [0.3, 0.4) is 0 Å². The van der Waals surface area contributed by atoms with E-state index in [9.17, 15) is 4.79 Å². The molecule has 1 fully saturated rings. The molecule has 3 heterocycles. The minimum absolute atomic E-state index is 0. The summed E-state index contributed by atoms with van der Waals surface area (Å²) in [4.78, 5) is 25.3. The molecule has 106 valence electrons. The molecular formula is C14H18N4OS. The Hall–Kier alpha value is -1.82. The average Bonchev–Trinajstić information content (AvgIpc) is 3.06. The van der Waals surface area contributed by atoms with Gasteiger partial charge in [-0.05, 0) is 30.9 Å². The molecule has 1 saturated heterocycles. The topological polar surface area (TPSA) is 61.9 Å². The molecule has 1 unspecified atom stereocenters. The number of nitrogens with zero attached hydrogens (tertiary/aromatic N) is 3. The minimum Gasteiger partial charge on any atom is -0.345 e. The number of nitrogens with one attached hydrogen (secondary N) is 1. The van der Waals surface area contributed by atoms with Crippen molar-refractivity contribution in [3.8, 4) is 0 Å². The molecule has 0 bridgehead atoms. The van der Waals surface area contributed by atoms with E-state index in [0.717, 1.165) is 42.8 Å². The summed E-state index contributed by atoms with van der Waals surface area (Å²) < 4.78 is 0. The number of H-pyrrole nitrogens is 1. The summed E-state index contributed by atoms with van der Waals surface area (Å²) in [5, 5.41) is 0. The fourth-order valence-electron chi connectivity index (χ4n) is 2.59. The van der Waals surface area contributed by atoms with Crippen LogP contribution in [0.25, 0.3) is 11.2 Å². The van der Waals surface area contributed by atoms with Crippen molar-refractivity contribution in [3.05, 3.63) is 36.8 Å². The van der Waals surface area contributed by atoms with Gasteiger partial charge < -0.3 is 9.88 Å². The van der Waals surface area contributed by atoms with Crippen molar-refractivity contribution >= 4 is 30.6 Å². The van der Waals surface area contributed by atoms with Crippen LogP contribution in [0, 0.1) is 5.92 Å². The number of aromatic nitrogens is 3. The number of carbonyl (C=O) groups excluding carboxylic acids is 1. The van der Waals surface area contributed by atoms with Gasteiger partial charge in [-0.2, -0.15) is 13.5 Å². The second-order valence-electron chi connectivity index (χ2n) is 4.92. The molecule has 0 aliphatic carbocycles. The standard InChI is InChI=1S/C14H16N4O.H2S/c1-2-13(19)18-6-4-10(9-18)7-11-8-16-14-12(17-11)3-5-15-14;/h2-3,5,8,10H,1,4,6-7,9H2,(H,15,16);1H2. The maximum absolute atomic E-state index is 11.5. The molecule has 1 atom stereocenters. The summed E-state index contributed by atoms with van der Waals surface area (Å²) in [7, 11) is 0. The maximum atomic E-state index is 11.5. The van der Waals surface area contributed by atoms with E-state index in [1.165, 1.54) is 6.08 Å². The summed E-state index contributed by atoms with van der Waals surface area (Å²) in [5.41, 5.74) is 2.71. The summed E-state index contributed by atoms with van der Waals surface area (Å²) in [6, 6.07) is 1.92. The third-order valence-corrected chi connectivity index (χ3v) is 3.58. The van der Waals surface area contributed by atoms with Crippen LogP contribution >= 0.6 is 13.5 Å². The summed E-state index contributed by atoms with van der Waals surface area (Å²) in [6.45, 7) is 5.13. The highest BCUT2D eigenvalue weighted by atomic mass is 32.1. The second-order valence-corrected chi connectivity index (χ2v) is 4.92. The number of amides is 1. The van der Waals surface area contributed by atoms with Gasteiger partial charge in [0.2, 0.25) is 5.91 Å². The van der Waals surface area contributed by atoms with Gasteiger partial charge in [0.1, 0.15) is 5.52 Å². The Morgan fingerprint density at radius 2 is 2.45 bits per heavy atom. The molecule has 2 aromatic rings. The second kappa shape index (κ2) is 6.09. The first-order valence-electron chi connectivity index (χ1n) is 6.46. The molecule has 1 N–H and O–H groups in total. The highest BCUT2D eigenvalue weighted by Gasteiger charge is 2.25. The molecule has 5 nitrogen and oxygen atoms in total. The fraction of sp³-hybridized carbons (Fsp3) is 0.357. The average molecular weight is 290 g/mol. The highest BCUT2D eigenvalue weighted by molar-refractivity contribution is 7.59. The monoisotopic (exact) mass is 290 g/mol. The van der Waals surface area contributed by atoms with E-state index < -0.39 is 0 Å². The van der Waals surface area contributed by atoms with Gasteiger partial charge in [0.05, 0.1) is 11.9 Å². The van der Waals surface area contributed by atoms with Crippen molar-refractivity contribution in [2.75, 3.05) is 13.1 Å². The molecule has 0 saturated carbocycles. The zero-order valence-electron chi connectivity index (χ0n) is 11.2. The predicted molar refractivity (Wildman–Crippen MR) is 82.9 cm³/mol. The van der Waals surface area contributed by atoms with Gasteiger partial charge in [-0.25, -0.2) is 9.97 Å². The van der Waals surface area contributed by atoms with Crippen molar-refractivity contribution in [2.24, 2.45) is 5.92 Å². The fourth-order valence-corrected chi connectivity index (χ4v) is 2.59. The molecule has 3 rings (SSSR count). The van der Waals surface area contributed by atoms with Crippen LogP contribution in [0.2, 0.25) is 0 Å². The number of hydrogen-bond donors (Lipinski definition) is 1. The third-order valence-electron chi connectivity index (χ3n) is 3.58. The Morgan fingerprint density at radius 3 is 3.25 bits per heavy atom. The molecule has 1 amide bonds. The smallest absolute Gasteiger partial charge is 0.245 e. The summed E-state index contributed by atoms with van der Waals surface area (Å²) >= 11 is 0. The first-order chi connectivity index (χ1) is 9.26. The number of rotatable bonds is 3. The zero-order chi connectivity index (χ0) is 13.2. The molecule has 20 heavy (non-hydrogen) atoms. The lowest BCUT2D eigenvalue weighted by Crippen LogP contribution is -2.26. The van der Waals surface area contributed by atoms with E-state index >= 15 is 0 Å². The molecule has 0 spiro atoms. The lowest BCUT2D eigenvalue weighted by molar-refractivity contribution is -0.125. The van der Waals surface area contributed by atoms with Gasteiger partial charge in [-0.1, -0.05) is 6.58 Å². The maximum Gasteiger partial charge on any atom is 0.245 e. The minimum atomic E-state index is 0. The van der Waals surface area contributed by atoms with E-state index in [0.29, 0.717) is 5.92 Å². The van der Waals surface area contributed by atoms with Crippen LogP contribution in [-0.4, -0.2) is 38.8 Å². The van der Waals surface area contributed by atoms with E-state index in [4.69, 9.17) is 0 Å². The van der Waals surface area contributed by atoms with Gasteiger partial charge in [0, 0.05) is 19.3 Å². The van der Waals surface area contributed by atoms with Crippen LogP contribution in [0.1, 0.15) is 12.1 Å². The van der Waals surface area contributed by atoms with Crippen LogP contribution in [-0.2, 0) is 11.2 Å². The largest absolute Gasteiger partial charge is 0.345 e. The molecular weight excluding hydrogens is 272 g/mol. The Labute approximate surface area is 124 Å². The van der Waals surface area contributed by atoms with Gasteiger partial charge in [0.25, 0.3) is 0 Å².